The summed E-state index contributed by atoms with van der Waals surface area (Å²) in [6, 6.07) is 41.0. The highest BCUT2D eigenvalue weighted by Crippen LogP contribution is 2.51. The Morgan fingerprint density at radius 3 is 0.630 bits per heavy atom. The third kappa shape index (κ3) is 12.4. The number of carbonyl (C=O) groups is 4. The van der Waals surface area contributed by atoms with Crippen molar-refractivity contribution in [3.63, 3.8) is 0 Å². The van der Waals surface area contributed by atoms with Gasteiger partial charge in [0.1, 0.15) is 0 Å². The molecule has 4 amide bonds. The van der Waals surface area contributed by atoms with Gasteiger partial charge in [-0.25, -0.2) is 0 Å². The van der Waals surface area contributed by atoms with Gasteiger partial charge in [0.25, 0.3) is 23.6 Å². The van der Waals surface area contributed by atoms with Gasteiger partial charge in [0, 0.05) is 72.6 Å². The molecule has 3 aliphatic carbocycles. The first kappa shape index (κ1) is 64.8. The van der Waals surface area contributed by atoms with Crippen molar-refractivity contribution in [2.75, 3.05) is 32.7 Å². The van der Waals surface area contributed by atoms with E-state index in [-0.39, 0.29) is 39.9 Å². The first-order valence-electron chi connectivity index (χ1n) is 33.6. The lowest BCUT2D eigenvalue weighted by Crippen LogP contribution is -2.31. The van der Waals surface area contributed by atoms with Crippen LogP contribution in [0.4, 0.5) is 34.1 Å². The van der Waals surface area contributed by atoms with E-state index in [2.05, 4.69) is 177 Å². The molecule has 0 aliphatic heterocycles. The molecule has 0 bridgehead atoms. The van der Waals surface area contributed by atoms with Crippen molar-refractivity contribution in [1.82, 2.24) is 0 Å². The molecular weight excluding hydrogens is 1130 g/mol. The van der Waals surface area contributed by atoms with Crippen LogP contribution >= 0.6 is 0 Å². The molecule has 0 aromatic heterocycles. The summed E-state index contributed by atoms with van der Waals surface area (Å²) in [5.74, 6) is -1.13. The number of benzene rings is 8. The number of nitrogens with two attached hydrogens (primary N) is 2. The number of carbonyl (C=O) groups excluding carboxylic acids is 4. The summed E-state index contributed by atoms with van der Waals surface area (Å²) in [4.78, 5) is 56.8. The average molecular weight is 1230 g/mol. The van der Waals surface area contributed by atoms with Crippen LogP contribution in [0.2, 0.25) is 0 Å². The van der Waals surface area contributed by atoms with Gasteiger partial charge in [0.2, 0.25) is 0 Å². The summed E-state index contributed by atoms with van der Waals surface area (Å²) in [7, 11) is 0. The monoisotopic (exact) mass is 1230 g/mol. The summed E-state index contributed by atoms with van der Waals surface area (Å²) >= 11 is 0. The maximum Gasteiger partial charge on any atom is 0.255 e. The molecule has 0 atom stereocenters. The molecule has 10 nitrogen and oxygen atoms in total. The van der Waals surface area contributed by atoms with Gasteiger partial charge in [0.05, 0.1) is 0 Å². The van der Waals surface area contributed by atoms with Crippen molar-refractivity contribution in [2.24, 2.45) is 0 Å². The molecule has 0 unspecified atom stereocenters. The minimum absolute atomic E-state index is 0.127. The second kappa shape index (κ2) is 26.1. The number of nitrogen functional groups attached to an aromatic ring is 2. The average Bonchev–Trinajstić information content (AvgIpc) is 0.774. The van der Waals surface area contributed by atoms with Crippen molar-refractivity contribution in [3.05, 3.63) is 244 Å². The van der Waals surface area contributed by atoms with Crippen LogP contribution in [0.5, 0.6) is 0 Å². The molecule has 10 heteroatoms. The van der Waals surface area contributed by atoms with Crippen LogP contribution in [0.3, 0.4) is 0 Å². The fourth-order valence-corrected chi connectivity index (χ4v) is 16.3. The van der Waals surface area contributed by atoms with E-state index >= 15 is 0 Å². The molecule has 3 aliphatic rings. The molecule has 476 valence electrons. The fraction of sp³-hybridized carbons (Fsp3) is 0.366. The summed E-state index contributed by atoms with van der Waals surface area (Å²) in [6.07, 6.45) is 16.6. The Kier molecular flexibility index (Phi) is 18.4. The molecule has 8 N–H and O–H groups in total. The van der Waals surface area contributed by atoms with E-state index in [9.17, 15) is 19.2 Å². The molecule has 8 aromatic rings. The fourth-order valence-electron chi connectivity index (χ4n) is 16.3. The molecule has 8 aromatic carbocycles. The molecule has 3 fully saturated rings. The Balaban J connectivity index is 0.773. The van der Waals surface area contributed by atoms with Crippen LogP contribution in [0.15, 0.2) is 121 Å². The summed E-state index contributed by atoms with van der Waals surface area (Å²) < 4.78 is 0. The van der Waals surface area contributed by atoms with Crippen molar-refractivity contribution < 1.29 is 19.2 Å². The van der Waals surface area contributed by atoms with E-state index in [1.165, 1.54) is 46.2 Å². The minimum atomic E-state index is -0.289. The summed E-state index contributed by atoms with van der Waals surface area (Å²) in [6.45, 7) is 24.9. The van der Waals surface area contributed by atoms with Crippen LogP contribution in [-0.2, 0) is 16.2 Å². The van der Waals surface area contributed by atoms with Crippen LogP contribution in [0.25, 0.3) is 0 Å². The molecule has 92 heavy (non-hydrogen) atoms. The molecular formula is C82H94N6O4. The first-order chi connectivity index (χ1) is 43.9. The van der Waals surface area contributed by atoms with Gasteiger partial charge in [-0.1, -0.05) is 143 Å². The van der Waals surface area contributed by atoms with Crippen molar-refractivity contribution >= 4 is 57.8 Å². The van der Waals surface area contributed by atoms with E-state index in [4.69, 9.17) is 11.5 Å². The topological polar surface area (TPSA) is 168 Å². The Hall–Kier alpha value is -8.76. The van der Waals surface area contributed by atoms with Gasteiger partial charge < -0.3 is 32.7 Å². The van der Waals surface area contributed by atoms with Crippen LogP contribution in [0.1, 0.15) is 238 Å². The number of aryl methyl sites for hydroxylation is 12. The number of rotatable bonds is 14. The number of nitrogens with one attached hydrogen (secondary N) is 4. The predicted octanol–water partition coefficient (Wildman–Crippen LogP) is 19.3. The second-order valence-electron chi connectivity index (χ2n) is 27.9. The summed E-state index contributed by atoms with van der Waals surface area (Å²) in [5.41, 5.74) is 38.6. The van der Waals surface area contributed by atoms with E-state index in [0.717, 1.165) is 184 Å². The third-order valence-corrected chi connectivity index (χ3v) is 21.5. The largest absolute Gasteiger partial charge is 0.398 e. The van der Waals surface area contributed by atoms with Gasteiger partial charge in [-0.2, -0.15) is 0 Å². The Morgan fingerprint density at radius 2 is 0.446 bits per heavy atom. The van der Waals surface area contributed by atoms with Crippen molar-refractivity contribution in [2.45, 2.75) is 196 Å². The Bertz CT molecular complexity index is 3840. The maximum absolute atomic E-state index is 14.3. The standard InChI is InChI=1S/C82H94N6O4/c1-48-34-64(35-49(2)70(48)83)80(28-16-13-17-29-80)66-38-52(5)72(53(6)39-66)85-76(89)60-24-22-26-62(46-60)78(91)87-74-56(9)42-68(43-57(74)10)82(32-20-15-21-33-82)69-44-58(11)75(59(12)45-69)88-79(92)63-27-23-25-61(47-63)77(90)86-73-54(7)40-67(41-55(73)8)81(30-18-14-19-31-81)65-36-50(3)71(84)51(4)37-65/h22-27,34-47H,13-21,28-33,83-84H2,1-12H3,(H,85,89)(H,86,90)(H,87,91)(H,88,92). The van der Waals surface area contributed by atoms with Gasteiger partial charge in [-0.05, 0) is 258 Å². The lowest BCUT2D eigenvalue weighted by Gasteiger charge is -2.40. The van der Waals surface area contributed by atoms with Crippen LogP contribution in [-0.4, -0.2) is 23.6 Å². The van der Waals surface area contributed by atoms with Crippen LogP contribution < -0.4 is 32.7 Å². The number of anilines is 6. The lowest BCUT2D eigenvalue weighted by atomic mass is 9.64. The molecule has 0 radical (unpaired) electrons. The van der Waals surface area contributed by atoms with E-state index in [1.807, 2.05) is 0 Å². The van der Waals surface area contributed by atoms with Crippen molar-refractivity contribution in [3.8, 4) is 0 Å². The van der Waals surface area contributed by atoms with Crippen molar-refractivity contribution in [1.29, 1.82) is 0 Å². The summed E-state index contributed by atoms with van der Waals surface area (Å²) in [5, 5.41) is 12.9. The zero-order valence-electron chi connectivity index (χ0n) is 56.4. The predicted molar refractivity (Wildman–Crippen MR) is 381 cm³/mol. The zero-order valence-corrected chi connectivity index (χ0v) is 56.4. The number of hydrogen-bond acceptors (Lipinski definition) is 6. The second-order valence-corrected chi connectivity index (χ2v) is 27.9. The molecule has 0 saturated heterocycles. The third-order valence-electron chi connectivity index (χ3n) is 21.5. The van der Waals surface area contributed by atoms with Gasteiger partial charge in [0.15, 0.2) is 0 Å². The van der Waals surface area contributed by atoms with Gasteiger partial charge in [-0.3, -0.25) is 19.2 Å². The molecule has 11 rings (SSSR count). The lowest BCUT2D eigenvalue weighted by molar-refractivity contribution is 0.101. The number of amides is 4. The highest BCUT2D eigenvalue weighted by atomic mass is 16.2. The number of hydrogen-bond donors (Lipinski definition) is 6. The quantitative estimate of drug-likeness (QED) is 0.0593. The van der Waals surface area contributed by atoms with Gasteiger partial charge >= 0.3 is 0 Å². The van der Waals surface area contributed by atoms with E-state index in [0.29, 0.717) is 22.3 Å². The first-order valence-corrected chi connectivity index (χ1v) is 33.6. The van der Waals surface area contributed by atoms with E-state index < -0.39 is 0 Å². The molecule has 3 saturated carbocycles. The molecule has 0 spiro atoms. The minimum Gasteiger partial charge on any atom is -0.398 e. The van der Waals surface area contributed by atoms with E-state index in [1.54, 1.807) is 48.5 Å². The maximum atomic E-state index is 14.3. The zero-order chi connectivity index (χ0) is 65.6. The SMILES string of the molecule is Cc1cc(C2(c3cc(C)c(NC(=O)c4cccc(C(=O)Nc5c(C)cc(C6(c7cc(C)c(NC(=O)c8cccc(C(=O)Nc9c(C)cc(C%10(c%11cc(C)c(N)c(C)c%11)CCCCC%10)cc9C)c8)c(C)c7)CCCCC6)cc5C)c4)c(C)c3)CCCCC2)cc(C)c1N. The normalized spacial score (nSPS) is 15.9. The molecule has 0 heterocycles. The highest BCUT2D eigenvalue weighted by Gasteiger charge is 2.40. The Labute approximate surface area is 546 Å². The van der Waals surface area contributed by atoms with Gasteiger partial charge in [-0.15, -0.1) is 0 Å². The Morgan fingerprint density at radius 1 is 0.272 bits per heavy atom. The van der Waals surface area contributed by atoms with Crippen LogP contribution in [0, 0.1) is 83.1 Å². The highest BCUT2D eigenvalue weighted by molar-refractivity contribution is 6.11. The smallest absolute Gasteiger partial charge is 0.255 e.